The van der Waals surface area contributed by atoms with Gasteiger partial charge in [0.15, 0.2) is 0 Å². The van der Waals surface area contributed by atoms with Crippen LogP contribution in [0, 0.1) is 0 Å². The number of nitrogens with one attached hydrogen (secondary N) is 3. The summed E-state index contributed by atoms with van der Waals surface area (Å²) in [5, 5.41) is 13.1. The zero-order valence-corrected chi connectivity index (χ0v) is 13.7. The molecule has 0 bridgehead atoms. The standard InChI is InChI=1S/C17H17N3O5/c1-3-25-16(23)11-8(2)18-14-13(15(22)20-17(24)19-14)12(11)9-6-4-5-7-10(9)21/h4-7,12,21H,3H2,1-2H3,(H3,18,19,20,22,24). The van der Waals surface area contributed by atoms with Crippen molar-refractivity contribution >= 4 is 11.8 Å². The molecule has 8 nitrogen and oxygen atoms in total. The zero-order valence-electron chi connectivity index (χ0n) is 13.7. The molecule has 4 N–H and O–H groups in total. The van der Waals surface area contributed by atoms with Crippen LogP contribution < -0.4 is 16.6 Å². The molecule has 0 spiro atoms. The van der Waals surface area contributed by atoms with Gasteiger partial charge in [0, 0.05) is 11.3 Å². The van der Waals surface area contributed by atoms with Gasteiger partial charge in [-0.3, -0.25) is 14.8 Å². The number of carbonyl (C=O) groups excluding carboxylic acids is 1. The molecule has 1 aliphatic heterocycles. The van der Waals surface area contributed by atoms with Crippen molar-refractivity contribution in [3.8, 4) is 5.75 Å². The molecule has 0 saturated carbocycles. The number of hydrogen-bond acceptors (Lipinski definition) is 6. The molecule has 8 heteroatoms. The highest BCUT2D eigenvalue weighted by Gasteiger charge is 2.37. The van der Waals surface area contributed by atoms with E-state index < -0.39 is 23.1 Å². The summed E-state index contributed by atoms with van der Waals surface area (Å²) in [6.45, 7) is 3.48. The highest BCUT2D eigenvalue weighted by molar-refractivity contribution is 5.94. The van der Waals surface area contributed by atoms with Crippen LogP contribution in [0.1, 0.15) is 30.9 Å². The fourth-order valence-electron chi connectivity index (χ4n) is 3.01. The average Bonchev–Trinajstić information content (AvgIpc) is 2.53. The van der Waals surface area contributed by atoms with Gasteiger partial charge in [0.2, 0.25) is 0 Å². The SMILES string of the molecule is CCOC(=O)C1=C(C)Nc2[nH]c(=O)[nH]c(=O)c2C1c1ccccc1O. The van der Waals surface area contributed by atoms with E-state index in [-0.39, 0.29) is 29.3 Å². The van der Waals surface area contributed by atoms with E-state index in [4.69, 9.17) is 4.74 Å². The Labute approximate surface area is 142 Å². The molecule has 130 valence electrons. The quantitative estimate of drug-likeness (QED) is 0.620. The van der Waals surface area contributed by atoms with Gasteiger partial charge >= 0.3 is 11.7 Å². The highest BCUT2D eigenvalue weighted by Crippen LogP contribution is 2.42. The van der Waals surface area contributed by atoms with Gasteiger partial charge in [-0.05, 0) is 19.9 Å². The fraction of sp³-hybridized carbons (Fsp3) is 0.235. The van der Waals surface area contributed by atoms with Crippen molar-refractivity contribution in [3.05, 3.63) is 67.5 Å². The van der Waals surface area contributed by atoms with Gasteiger partial charge in [0.05, 0.1) is 23.7 Å². The molecular formula is C17H17N3O5. The van der Waals surface area contributed by atoms with Crippen LogP contribution in [0.4, 0.5) is 5.82 Å². The number of ether oxygens (including phenoxy) is 1. The predicted molar refractivity (Wildman–Crippen MR) is 90.6 cm³/mol. The van der Waals surface area contributed by atoms with Crippen molar-refractivity contribution in [1.29, 1.82) is 0 Å². The number of aromatic amines is 2. The van der Waals surface area contributed by atoms with Crippen molar-refractivity contribution in [2.45, 2.75) is 19.8 Å². The van der Waals surface area contributed by atoms with Crippen LogP contribution in [0.15, 0.2) is 45.1 Å². The molecule has 0 amide bonds. The summed E-state index contributed by atoms with van der Waals surface area (Å²) >= 11 is 0. The van der Waals surface area contributed by atoms with E-state index in [1.54, 1.807) is 32.0 Å². The monoisotopic (exact) mass is 343 g/mol. The molecule has 1 aliphatic rings. The Morgan fingerprint density at radius 2 is 1.96 bits per heavy atom. The predicted octanol–water partition coefficient (Wildman–Crippen LogP) is 1.16. The Hall–Kier alpha value is -3.29. The zero-order chi connectivity index (χ0) is 18.1. The maximum Gasteiger partial charge on any atom is 0.336 e. The number of para-hydroxylation sites is 1. The summed E-state index contributed by atoms with van der Waals surface area (Å²) in [7, 11) is 0. The number of aromatic hydroxyl groups is 1. The number of esters is 1. The largest absolute Gasteiger partial charge is 0.508 e. The lowest BCUT2D eigenvalue weighted by Crippen LogP contribution is -2.35. The number of rotatable bonds is 3. The number of hydrogen-bond donors (Lipinski definition) is 4. The Kier molecular flexibility index (Phi) is 4.18. The number of phenolic OH excluding ortho intramolecular Hbond substituents is 1. The van der Waals surface area contributed by atoms with Crippen LogP contribution in [0.3, 0.4) is 0 Å². The molecule has 0 saturated heterocycles. The number of phenols is 1. The van der Waals surface area contributed by atoms with Crippen LogP contribution >= 0.6 is 0 Å². The molecular weight excluding hydrogens is 326 g/mol. The summed E-state index contributed by atoms with van der Waals surface area (Å²) < 4.78 is 5.12. The summed E-state index contributed by atoms with van der Waals surface area (Å²) in [4.78, 5) is 41.2. The number of aromatic nitrogens is 2. The number of H-pyrrole nitrogens is 2. The first kappa shape index (κ1) is 16.6. The first-order valence-corrected chi connectivity index (χ1v) is 7.73. The molecule has 0 radical (unpaired) electrons. The Morgan fingerprint density at radius 3 is 2.64 bits per heavy atom. The second-order valence-corrected chi connectivity index (χ2v) is 5.57. The van der Waals surface area contributed by atoms with Gasteiger partial charge in [0.25, 0.3) is 5.56 Å². The molecule has 0 aliphatic carbocycles. The second-order valence-electron chi connectivity index (χ2n) is 5.57. The van der Waals surface area contributed by atoms with Crippen LogP contribution in [0.25, 0.3) is 0 Å². The fourth-order valence-corrected chi connectivity index (χ4v) is 3.01. The normalized spacial score (nSPS) is 16.2. The van der Waals surface area contributed by atoms with Gasteiger partial charge in [-0.15, -0.1) is 0 Å². The second kappa shape index (κ2) is 6.31. The number of anilines is 1. The van der Waals surface area contributed by atoms with Crippen LogP contribution in [0.5, 0.6) is 5.75 Å². The maximum absolute atomic E-state index is 12.5. The number of carbonyl (C=O) groups is 1. The minimum Gasteiger partial charge on any atom is -0.508 e. The van der Waals surface area contributed by atoms with Crippen molar-refractivity contribution in [1.82, 2.24) is 9.97 Å². The Balaban J connectivity index is 2.32. The minimum absolute atomic E-state index is 0.0689. The molecule has 3 rings (SSSR count). The third kappa shape index (κ3) is 2.82. The van der Waals surface area contributed by atoms with E-state index in [2.05, 4.69) is 15.3 Å². The molecule has 25 heavy (non-hydrogen) atoms. The topological polar surface area (TPSA) is 124 Å². The molecule has 0 fully saturated rings. The van der Waals surface area contributed by atoms with Crippen LogP contribution in [-0.2, 0) is 9.53 Å². The first-order chi connectivity index (χ1) is 11.9. The molecule has 1 aromatic carbocycles. The van der Waals surface area contributed by atoms with Gasteiger partial charge in [-0.1, -0.05) is 18.2 Å². The maximum atomic E-state index is 12.5. The van der Waals surface area contributed by atoms with Crippen LogP contribution in [0.2, 0.25) is 0 Å². The van der Waals surface area contributed by atoms with Crippen molar-refractivity contribution in [2.75, 3.05) is 11.9 Å². The van der Waals surface area contributed by atoms with Gasteiger partial charge in [0.1, 0.15) is 11.6 Å². The number of fused-ring (bicyclic) bond motifs is 1. The van der Waals surface area contributed by atoms with Gasteiger partial charge in [-0.25, -0.2) is 9.59 Å². The van der Waals surface area contributed by atoms with E-state index in [1.807, 2.05) is 0 Å². The molecule has 2 heterocycles. The smallest absolute Gasteiger partial charge is 0.336 e. The molecule has 1 atom stereocenters. The van der Waals surface area contributed by atoms with E-state index >= 15 is 0 Å². The Bertz CT molecular complexity index is 986. The number of benzene rings is 1. The van der Waals surface area contributed by atoms with E-state index in [1.165, 1.54) is 6.07 Å². The van der Waals surface area contributed by atoms with Crippen molar-refractivity contribution < 1.29 is 14.6 Å². The highest BCUT2D eigenvalue weighted by atomic mass is 16.5. The molecule has 1 unspecified atom stereocenters. The van der Waals surface area contributed by atoms with Crippen molar-refractivity contribution in [3.63, 3.8) is 0 Å². The molecule has 1 aromatic heterocycles. The lowest BCUT2D eigenvalue weighted by Gasteiger charge is -2.29. The van der Waals surface area contributed by atoms with E-state index in [9.17, 15) is 19.5 Å². The van der Waals surface area contributed by atoms with E-state index in [0.717, 1.165) is 0 Å². The van der Waals surface area contributed by atoms with Crippen LogP contribution in [-0.4, -0.2) is 27.7 Å². The summed E-state index contributed by atoms with van der Waals surface area (Å²) in [5.41, 5.74) is -0.178. The molecule has 2 aromatic rings. The minimum atomic E-state index is -0.878. The Morgan fingerprint density at radius 1 is 1.24 bits per heavy atom. The average molecular weight is 343 g/mol. The first-order valence-electron chi connectivity index (χ1n) is 7.73. The lowest BCUT2D eigenvalue weighted by molar-refractivity contribution is -0.138. The number of allylic oxidation sites excluding steroid dienone is 1. The summed E-state index contributed by atoms with van der Waals surface area (Å²) in [6, 6.07) is 6.41. The van der Waals surface area contributed by atoms with Crippen molar-refractivity contribution in [2.24, 2.45) is 0 Å². The lowest BCUT2D eigenvalue weighted by atomic mass is 9.82. The van der Waals surface area contributed by atoms with Gasteiger partial charge < -0.3 is 15.2 Å². The third-order valence-corrected chi connectivity index (χ3v) is 4.02. The third-order valence-electron chi connectivity index (χ3n) is 4.02. The van der Waals surface area contributed by atoms with Gasteiger partial charge in [-0.2, -0.15) is 0 Å². The summed E-state index contributed by atoms with van der Waals surface area (Å²) in [6.07, 6.45) is 0. The summed E-state index contributed by atoms with van der Waals surface area (Å²) in [5.74, 6) is -1.36. The van der Waals surface area contributed by atoms with E-state index in [0.29, 0.717) is 11.3 Å².